The molecule has 1 aliphatic heterocycles. The fraction of sp³-hybridized carbons (Fsp3) is 0.500. The molecule has 3 amide bonds. The number of benzene rings is 2. The smallest absolute Gasteiger partial charge is 0.258 e. The average Bonchev–Trinajstić information content (AvgIpc) is 2.95. The first kappa shape index (κ1) is 33.8. The minimum Gasteiger partial charge on any atom is -0.486 e. The molecule has 0 saturated carbocycles. The molecule has 43 heavy (non-hydrogen) atoms. The van der Waals surface area contributed by atoms with Gasteiger partial charge in [0.15, 0.2) is 5.75 Å². The Hall–Kier alpha value is -3.68. The fourth-order valence-corrected chi connectivity index (χ4v) is 5.15. The number of aliphatic hydroxyl groups is 1. The Labute approximate surface area is 253 Å². The van der Waals surface area contributed by atoms with E-state index >= 15 is 0 Å². The number of amides is 3. The van der Waals surface area contributed by atoms with Gasteiger partial charge in [0.1, 0.15) is 6.10 Å². The van der Waals surface area contributed by atoms with E-state index in [9.17, 15) is 27.9 Å². The molecule has 0 saturated heterocycles. The molecule has 3 rings (SSSR count). The van der Waals surface area contributed by atoms with Crippen LogP contribution in [0.1, 0.15) is 56.3 Å². The zero-order valence-electron chi connectivity index (χ0n) is 25.2. The fourth-order valence-electron chi connectivity index (χ4n) is 4.73. The molecule has 0 fully saturated rings. The minimum absolute atomic E-state index is 0.0295. The Morgan fingerprint density at radius 1 is 1.07 bits per heavy atom. The van der Waals surface area contributed by atoms with Crippen molar-refractivity contribution < 1.29 is 32.6 Å². The van der Waals surface area contributed by atoms with Crippen molar-refractivity contribution in [3.63, 3.8) is 0 Å². The van der Waals surface area contributed by atoms with E-state index in [1.165, 1.54) is 11.4 Å². The normalized spacial score (nSPS) is 17.8. The average molecular weight is 618 g/mol. The lowest BCUT2D eigenvalue weighted by Crippen LogP contribution is -2.50. The molecule has 2 aromatic rings. The van der Waals surface area contributed by atoms with Crippen LogP contribution in [0.2, 0.25) is 0 Å². The van der Waals surface area contributed by atoms with Crippen LogP contribution in [0.25, 0.3) is 0 Å². The maximum atomic E-state index is 13.6. The number of aliphatic hydroxyl groups excluding tert-OH is 1. The third-order valence-electron chi connectivity index (χ3n) is 7.51. The number of ether oxygens (including phenoxy) is 1. The number of nitrogens with two attached hydrogens (primary N) is 1. The Bertz CT molecular complexity index is 1400. The predicted octanol–water partition coefficient (Wildman–Crippen LogP) is 2.91. The molecular formula is C30H43N5O7S. The van der Waals surface area contributed by atoms with Crippen LogP contribution in [-0.2, 0) is 19.6 Å². The van der Waals surface area contributed by atoms with E-state index in [0.717, 1.165) is 6.26 Å². The molecule has 1 aliphatic rings. The molecule has 0 aliphatic carbocycles. The maximum absolute atomic E-state index is 13.6. The summed E-state index contributed by atoms with van der Waals surface area (Å²) in [5.41, 5.74) is 7.43. The summed E-state index contributed by atoms with van der Waals surface area (Å²) in [6.07, 6.45) is 2.74. The van der Waals surface area contributed by atoms with Crippen LogP contribution in [0.15, 0.2) is 42.5 Å². The summed E-state index contributed by atoms with van der Waals surface area (Å²) in [5.74, 6) is -0.931. The van der Waals surface area contributed by atoms with Gasteiger partial charge < -0.3 is 31.1 Å². The summed E-state index contributed by atoms with van der Waals surface area (Å²) in [6.45, 7) is 3.61. The molecule has 236 valence electrons. The highest BCUT2D eigenvalue weighted by molar-refractivity contribution is 7.88. The number of rotatable bonds is 13. The van der Waals surface area contributed by atoms with Crippen LogP contribution in [0.4, 0.5) is 17.1 Å². The standard InChI is InChI=1S/C30H43N5O7S/c1-20-17-35(21(2)19-36)30(39)22-11-10-14-25(29(22)42-26(20)18-34(3)43(4,40)41)33-28(38)16-7-5-6-15-27(37)32-24-13-9-8-12-23(24)31/h8-14,20-21,26,36H,5-7,15-19,31H2,1-4H3,(H,32,37)(H,33,38)/t20-,21+,26+/m1/s1. The molecule has 0 spiro atoms. The van der Waals surface area contributed by atoms with Crippen molar-refractivity contribution in [2.24, 2.45) is 5.92 Å². The largest absolute Gasteiger partial charge is 0.486 e. The summed E-state index contributed by atoms with van der Waals surface area (Å²) in [6, 6.07) is 11.4. The van der Waals surface area contributed by atoms with Crippen LogP contribution in [0.3, 0.4) is 0 Å². The van der Waals surface area contributed by atoms with E-state index in [1.54, 1.807) is 54.3 Å². The van der Waals surface area contributed by atoms with Gasteiger partial charge in [0.05, 0.1) is 48.1 Å². The van der Waals surface area contributed by atoms with E-state index in [0.29, 0.717) is 42.7 Å². The van der Waals surface area contributed by atoms with Crippen LogP contribution >= 0.6 is 0 Å². The first-order chi connectivity index (χ1) is 20.3. The Balaban J connectivity index is 1.68. The van der Waals surface area contributed by atoms with Gasteiger partial charge in [-0.2, -0.15) is 0 Å². The van der Waals surface area contributed by atoms with Crippen LogP contribution in [0, 0.1) is 5.92 Å². The van der Waals surface area contributed by atoms with E-state index in [1.807, 2.05) is 6.92 Å². The molecule has 12 nitrogen and oxygen atoms in total. The van der Waals surface area contributed by atoms with E-state index in [4.69, 9.17) is 10.5 Å². The van der Waals surface area contributed by atoms with Crippen LogP contribution in [0.5, 0.6) is 5.75 Å². The highest BCUT2D eigenvalue weighted by Crippen LogP contribution is 2.35. The summed E-state index contributed by atoms with van der Waals surface area (Å²) >= 11 is 0. The number of hydrogen-bond acceptors (Lipinski definition) is 8. The van der Waals surface area contributed by atoms with Crippen molar-refractivity contribution in [1.82, 2.24) is 9.21 Å². The second kappa shape index (κ2) is 15.2. The van der Waals surface area contributed by atoms with Gasteiger partial charge >= 0.3 is 0 Å². The summed E-state index contributed by atoms with van der Waals surface area (Å²) < 4.78 is 31.8. The molecule has 1 heterocycles. The first-order valence-electron chi connectivity index (χ1n) is 14.4. The second-order valence-electron chi connectivity index (χ2n) is 11.1. The zero-order valence-corrected chi connectivity index (χ0v) is 26.0. The van der Waals surface area contributed by atoms with Crippen LogP contribution < -0.4 is 21.1 Å². The van der Waals surface area contributed by atoms with Gasteiger partial charge in [-0.1, -0.05) is 31.5 Å². The molecule has 0 radical (unpaired) electrons. The lowest BCUT2D eigenvalue weighted by Gasteiger charge is -2.38. The van der Waals surface area contributed by atoms with Crippen molar-refractivity contribution in [3.8, 4) is 5.75 Å². The quantitative estimate of drug-likeness (QED) is 0.196. The van der Waals surface area contributed by atoms with Crippen molar-refractivity contribution in [2.45, 2.75) is 58.1 Å². The number of nitrogen functional groups attached to an aromatic ring is 1. The molecule has 0 aromatic heterocycles. The number of fused-ring (bicyclic) bond motifs is 1. The first-order valence-corrected chi connectivity index (χ1v) is 16.2. The molecule has 2 aromatic carbocycles. The Morgan fingerprint density at radius 3 is 2.28 bits per heavy atom. The summed E-state index contributed by atoms with van der Waals surface area (Å²) in [5, 5.41) is 15.5. The number of unbranched alkanes of at least 4 members (excludes halogenated alkanes) is 2. The zero-order chi connectivity index (χ0) is 31.7. The third kappa shape index (κ3) is 9.40. The molecule has 13 heteroatoms. The van der Waals surface area contributed by atoms with Crippen molar-refractivity contribution in [2.75, 3.05) is 49.4 Å². The Morgan fingerprint density at radius 2 is 1.67 bits per heavy atom. The van der Waals surface area contributed by atoms with E-state index in [-0.39, 0.29) is 61.1 Å². The summed E-state index contributed by atoms with van der Waals surface area (Å²) in [7, 11) is -2.05. The molecule has 0 bridgehead atoms. The minimum atomic E-state index is -3.50. The highest BCUT2D eigenvalue weighted by atomic mass is 32.2. The van der Waals surface area contributed by atoms with Gasteiger partial charge in [-0.05, 0) is 44.0 Å². The van der Waals surface area contributed by atoms with Crippen molar-refractivity contribution in [3.05, 3.63) is 48.0 Å². The number of carbonyl (C=O) groups is 3. The molecule has 0 unspecified atom stereocenters. The van der Waals surface area contributed by atoms with Gasteiger partial charge in [-0.25, -0.2) is 12.7 Å². The lowest BCUT2D eigenvalue weighted by molar-refractivity contribution is -0.116. The highest BCUT2D eigenvalue weighted by Gasteiger charge is 2.35. The molecular weight excluding hydrogens is 574 g/mol. The van der Waals surface area contributed by atoms with Gasteiger partial charge in [0.25, 0.3) is 5.91 Å². The number of likely N-dealkylation sites (N-methyl/N-ethyl adjacent to an activating group) is 1. The second-order valence-corrected chi connectivity index (χ2v) is 13.2. The maximum Gasteiger partial charge on any atom is 0.258 e. The SMILES string of the molecule is C[C@@H]1CN([C@@H](C)CO)C(=O)c2cccc(NC(=O)CCCCCC(=O)Nc3ccccc3N)c2O[C@H]1CN(C)S(C)(=O)=O. The number of hydrogen-bond donors (Lipinski definition) is 4. The van der Waals surface area contributed by atoms with Gasteiger partial charge in [0.2, 0.25) is 21.8 Å². The predicted molar refractivity (Wildman–Crippen MR) is 166 cm³/mol. The van der Waals surface area contributed by atoms with E-state index in [2.05, 4.69) is 10.6 Å². The topological polar surface area (TPSA) is 171 Å². The van der Waals surface area contributed by atoms with Crippen molar-refractivity contribution >= 4 is 44.8 Å². The van der Waals surface area contributed by atoms with E-state index < -0.39 is 22.2 Å². The summed E-state index contributed by atoms with van der Waals surface area (Å²) in [4.78, 5) is 40.3. The molecule has 3 atom stereocenters. The number of nitrogens with zero attached hydrogens (tertiary/aromatic N) is 2. The van der Waals surface area contributed by atoms with Gasteiger partial charge in [0, 0.05) is 32.4 Å². The van der Waals surface area contributed by atoms with Gasteiger partial charge in [-0.3, -0.25) is 14.4 Å². The Kier molecular flexibility index (Phi) is 11.9. The number of nitrogens with one attached hydrogen (secondary N) is 2. The molecule has 5 N–H and O–H groups in total. The van der Waals surface area contributed by atoms with Crippen LogP contribution in [-0.4, -0.2) is 85.6 Å². The van der Waals surface area contributed by atoms with Crippen molar-refractivity contribution in [1.29, 1.82) is 0 Å². The third-order valence-corrected chi connectivity index (χ3v) is 8.79. The number of para-hydroxylation sites is 3. The monoisotopic (exact) mass is 617 g/mol. The number of anilines is 3. The number of sulfonamides is 1. The number of carbonyl (C=O) groups excluding carboxylic acids is 3. The van der Waals surface area contributed by atoms with Gasteiger partial charge in [-0.15, -0.1) is 0 Å². The lowest BCUT2D eigenvalue weighted by atomic mass is 9.99.